The van der Waals surface area contributed by atoms with E-state index in [1.54, 1.807) is 70.7 Å². The summed E-state index contributed by atoms with van der Waals surface area (Å²) in [6.07, 6.45) is 46.3. The molecular weight excluding hydrogens is 1960 g/mol. The molecule has 143 heavy (non-hydrogen) atoms. The van der Waals surface area contributed by atoms with Gasteiger partial charge in [0.25, 0.3) is 10.1 Å². The summed E-state index contributed by atoms with van der Waals surface area (Å²) < 4.78 is 72.5. The maximum absolute atomic E-state index is 12.5. The number of carbonyl (C=O) groups is 5. The van der Waals surface area contributed by atoms with Crippen molar-refractivity contribution in [3.05, 3.63) is 67.1 Å². The summed E-state index contributed by atoms with van der Waals surface area (Å²) in [5.74, 6) is 4.94. The van der Waals surface area contributed by atoms with Crippen LogP contribution in [0.3, 0.4) is 0 Å². The molecule has 6 N–H and O–H groups in total. The number of thiophene rings is 4. The fourth-order valence-electron chi connectivity index (χ4n) is 23.4. The average Bonchev–Trinajstić information content (AvgIpc) is 1.61. The molecule has 43 heteroatoms. The number of amides is 5. The van der Waals surface area contributed by atoms with Crippen molar-refractivity contribution in [1.82, 2.24) is 79.1 Å². The number of fused-ring (bicyclic) bond motifs is 12. The van der Waals surface area contributed by atoms with E-state index in [0.29, 0.717) is 99.1 Å². The summed E-state index contributed by atoms with van der Waals surface area (Å²) in [7, 11) is 6.18. The Morgan fingerprint density at radius 3 is 0.902 bits per heavy atom. The minimum absolute atomic E-state index is 0. The van der Waals surface area contributed by atoms with E-state index in [2.05, 4.69) is 104 Å². The van der Waals surface area contributed by atoms with Crippen LogP contribution in [-0.4, -0.2) is 323 Å². The Balaban J connectivity index is 0.000000156. The largest absolute Gasteiger partial charge is 1.00 e. The van der Waals surface area contributed by atoms with Gasteiger partial charge in [-0.2, -0.15) is 13.7 Å². The van der Waals surface area contributed by atoms with E-state index in [-0.39, 0.29) is 103 Å². The van der Waals surface area contributed by atoms with Crippen molar-refractivity contribution < 1.29 is 98.9 Å². The van der Waals surface area contributed by atoms with E-state index in [1.165, 1.54) is 41.8 Å². The van der Waals surface area contributed by atoms with Gasteiger partial charge in [-0.25, -0.2) is 48.3 Å². The van der Waals surface area contributed by atoms with E-state index < -0.39 is 19.2 Å². The van der Waals surface area contributed by atoms with Crippen molar-refractivity contribution in [2.24, 2.45) is 5.73 Å². The maximum atomic E-state index is 12.5. The van der Waals surface area contributed by atoms with Gasteiger partial charge in [-0.15, -0.1) is 45.3 Å². The van der Waals surface area contributed by atoms with Gasteiger partial charge in [0, 0.05) is 126 Å². The van der Waals surface area contributed by atoms with Crippen LogP contribution >= 0.6 is 56.0 Å². The van der Waals surface area contributed by atoms with E-state index in [9.17, 15) is 45.9 Å². The third-order valence-corrected chi connectivity index (χ3v) is 36.2. The standard InChI is InChI=1S/C25H35N5O3S.C25H33N5O2S.C25H36N4O5S2.C24H34N4O3S.CH3ClO2S.Li.2H2O/c1-29(14-21(32)30-12-2-3-13-30)17-6-8-18(9-7-17)33-24-23-22-16(5-11-20(26)31)4-10-19(22)34-25(23)28-15-27-24;1-29(15-21(31)30-13-2-3-14-30)18-7-9-19(10-8-18)32-24-23-22-17(5-4-12-26)6-11-20(22)33-25(23)28-16-27-24;1-28(15-21(30)29-12-3-4-13-29)18-6-8-19(9-7-18)34-24-23-22-17(11-14-33-36(2,31)32)5-10-20(22)35-25(23)27-16-26-24;1-27(14-20(30)28-11-2-3-12-28)17-5-7-18(8-6-17)31-23-22-21-16(10-13-29)4-9-19(21)32-24(22)26-15-25-23;1-5(2,3)4;;;/h15-18H,2-14H2,1H3,(H2,26,31);16-19H,2-11,13-15H2,1H3;16-19H,3-15H2,1-2H3;15-18,29H,2-14H2,1H3;1H3;;2*1H2/q;;;;;+1;;/p-1/t16-,17?,18?;2*17-,18?,19?;16-,17?,18?;;;;/m1011..../s1. The molecule has 8 aliphatic carbocycles. The molecule has 0 radical (unpaired) electrons. The molecule has 4 saturated heterocycles. The number of nitrogens with zero attached hydrogens (tertiary/aromatic N) is 17. The summed E-state index contributed by atoms with van der Waals surface area (Å²) in [4.78, 5) is 124. The van der Waals surface area contributed by atoms with Crippen LogP contribution < -0.4 is 43.5 Å². The first-order valence-electron chi connectivity index (χ1n) is 51.2. The molecule has 8 aromatic heterocycles. The molecule has 12 aliphatic rings. The monoisotopic (exact) mass is 2100 g/mol. The van der Waals surface area contributed by atoms with Crippen molar-refractivity contribution in [2.45, 2.75) is 316 Å². The molecule has 8 aromatic rings. The molecule has 0 aromatic carbocycles. The van der Waals surface area contributed by atoms with Gasteiger partial charge in [-0.05, 0) is 305 Å². The van der Waals surface area contributed by atoms with Gasteiger partial charge in [0.15, 0.2) is 0 Å². The number of halogens is 1. The number of likely N-dealkylation sites (tertiary alicyclic amines) is 4. The van der Waals surface area contributed by atoms with Crippen molar-refractivity contribution in [1.29, 1.82) is 5.26 Å². The van der Waals surface area contributed by atoms with Gasteiger partial charge in [0.05, 0.1) is 72.9 Å². The normalized spacial score (nSPS) is 23.9. The number of ether oxygens (including phenoxy) is 4. The number of likely N-dealkylation sites (N-methyl/N-ethyl adjacent to an activating group) is 4. The van der Waals surface area contributed by atoms with Crippen LogP contribution in [0.25, 0.3) is 40.9 Å². The van der Waals surface area contributed by atoms with Gasteiger partial charge in [-0.1, -0.05) is 0 Å². The summed E-state index contributed by atoms with van der Waals surface area (Å²) >= 11 is 6.94. The second-order valence-corrected chi connectivity index (χ2v) is 49.6. The van der Waals surface area contributed by atoms with Crippen molar-refractivity contribution in [3.63, 3.8) is 0 Å². The van der Waals surface area contributed by atoms with Crippen molar-refractivity contribution >= 4 is 146 Å². The van der Waals surface area contributed by atoms with Crippen molar-refractivity contribution in [3.8, 4) is 29.6 Å². The predicted molar refractivity (Wildman–Crippen MR) is 551 cm³/mol. The summed E-state index contributed by atoms with van der Waals surface area (Å²) in [6.45, 7) is 9.76. The first kappa shape index (κ1) is 113. The van der Waals surface area contributed by atoms with E-state index in [0.717, 1.165) is 342 Å². The van der Waals surface area contributed by atoms with E-state index in [1.807, 2.05) is 19.6 Å². The van der Waals surface area contributed by atoms with Crippen LogP contribution in [0.1, 0.15) is 284 Å². The minimum atomic E-state index is -3.44. The zero-order chi connectivity index (χ0) is 98.3. The average molecular weight is 2110 g/mol. The van der Waals surface area contributed by atoms with Gasteiger partial charge < -0.3 is 60.3 Å². The number of aliphatic hydroxyl groups is 1. The fourth-order valence-corrected chi connectivity index (χ4v) is 28.7. The molecule has 20 rings (SSSR count). The number of carbonyl (C=O) groups excluding carboxylic acids is 5. The molecule has 8 fully saturated rings. The number of aryl methyl sites for hydroxylation is 4. The summed E-state index contributed by atoms with van der Waals surface area (Å²) in [5.41, 5.74) is 10.6. The summed E-state index contributed by atoms with van der Waals surface area (Å²) in [5, 5.41) is 22.8. The minimum Gasteiger partial charge on any atom is -0.870 e. The quantitative estimate of drug-likeness (QED) is 0.0231. The molecule has 12 heterocycles. The van der Waals surface area contributed by atoms with Crippen LogP contribution in [0.15, 0.2) is 25.3 Å². The van der Waals surface area contributed by atoms with E-state index in [4.69, 9.17) is 34.1 Å². The molecule has 4 saturated carbocycles. The zero-order valence-corrected chi connectivity index (χ0v) is 89.8. The fraction of sp³-hybridized carbons (Fsp3) is 0.700. The maximum Gasteiger partial charge on any atom is 1.00 e. The third-order valence-electron chi connectivity index (χ3n) is 30.9. The molecule has 0 unspecified atom stereocenters. The van der Waals surface area contributed by atoms with Crippen LogP contribution in [-0.2, 0) is 73.0 Å². The second kappa shape index (κ2) is 52.7. The molecule has 0 spiro atoms. The smallest absolute Gasteiger partial charge is 0.870 e. The molecule has 0 bridgehead atoms. The number of aliphatic hydroxyl groups excluding tert-OH is 1. The SMILES string of the molecule is CN(CC(=O)N1CCCC1)C1CCC(Oc2ncnc3sc4c(c23)[C@@H](CCC#N)CC4)CC1.CN(CC(=O)N1CCCC1)C1CCC(Oc2ncnc3sc4c(c23)[C@@H](CCC(N)=O)CC4)CC1.CN(CC(=O)N1CCCC1)C1CCC(Oc2ncnc3sc4c(c23)[C@@H](CCO)CC4)CC1.CN(CC(=O)N1CCCC1)C1CCC(Oc2ncnc3sc4c(c23)[C@@H](CCOS(C)(=O)=O)CC4)CC1.CS(=O)(=O)Cl.O.[Li+].[OH-]. The number of hydrogen-bond acceptors (Lipinski definition) is 33. The molecular formula is C100H144ClLiN18O17S6. The van der Waals surface area contributed by atoms with Crippen LogP contribution in [0, 0.1) is 11.3 Å². The summed E-state index contributed by atoms with van der Waals surface area (Å²) in [6, 6.07) is 3.98. The first-order valence-corrected chi connectivity index (χ1v) is 59.0. The number of nitrogens with two attached hydrogens (primary N) is 1. The Bertz CT molecular complexity index is 5850. The Labute approximate surface area is 873 Å². The molecule has 4 atom stereocenters. The third kappa shape index (κ3) is 29.5. The topological polar surface area (TPSA) is 460 Å². The number of aromatic nitrogens is 8. The Morgan fingerprint density at radius 1 is 0.420 bits per heavy atom. The van der Waals surface area contributed by atoms with Crippen LogP contribution in [0.2, 0.25) is 0 Å². The van der Waals surface area contributed by atoms with Gasteiger partial charge in [0.1, 0.15) is 69.0 Å². The number of hydrogen-bond donors (Lipinski definition) is 2. The number of primary amides is 1. The van der Waals surface area contributed by atoms with Crippen LogP contribution in [0.4, 0.5) is 0 Å². The molecule has 4 aliphatic heterocycles. The predicted octanol–water partition coefficient (Wildman–Crippen LogP) is 10.4. The van der Waals surface area contributed by atoms with Gasteiger partial charge in [-0.3, -0.25) is 47.8 Å². The number of nitriles is 1. The Hall–Kier alpha value is -7.33. The molecule has 780 valence electrons. The molecule has 35 nitrogen and oxygen atoms in total. The first-order chi connectivity index (χ1) is 67.5. The van der Waals surface area contributed by atoms with Crippen molar-refractivity contribution in [2.75, 3.05) is 132 Å². The van der Waals surface area contributed by atoms with Gasteiger partial charge >= 0.3 is 18.9 Å². The van der Waals surface area contributed by atoms with E-state index >= 15 is 0 Å². The van der Waals surface area contributed by atoms with Crippen LogP contribution in [0.5, 0.6) is 23.5 Å². The van der Waals surface area contributed by atoms with Gasteiger partial charge in [0.2, 0.25) is 62.1 Å². The Kier molecular flexibility index (Phi) is 41.6. The zero-order valence-electron chi connectivity index (χ0n) is 84.1. The number of rotatable bonds is 31. The Morgan fingerprint density at radius 2 is 0.664 bits per heavy atom. The molecule has 5 amide bonds. The second-order valence-electron chi connectivity index (χ2n) is 40.6.